The second-order valence-corrected chi connectivity index (χ2v) is 21.6. The highest BCUT2D eigenvalue weighted by molar-refractivity contribution is 5.95. The molecule has 13 atom stereocenters. The maximum absolute atomic E-state index is 14.5. The highest BCUT2D eigenvalue weighted by Gasteiger charge is 2.66. The van der Waals surface area contributed by atoms with Crippen LogP contribution in [-0.4, -0.2) is 224 Å². The van der Waals surface area contributed by atoms with E-state index in [1.165, 1.54) is 0 Å². The predicted molar refractivity (Wildman–Crippen MR) is 282 cm³/mol. The largest absolute Gasteiger partial charge is 0.481 e. The summed E-state index contributed by atoms with van der Waals surface area (Å²) in [6.45, 7) is 3.53. The van der Waals surface area contributed by atoms with Crippen LogP contribution >= 0.6 is 0 Å². The van der Waals surface area contributed by atoms with Crippen molar-refractivity contribution < 1.29 is 78.6 Å². The second kappa shape index (κ2) is 26.2. The third kappa shape index (κ3) is 13.8. The highest BCUT2D eigenvalue weighted by Crippen LogP contribution is 2.49. The number of rotatable bonds is 23. The number of urea groups is 1. The van der Waals surface area contributed by atoms with Crippen LogP contribution in [-0.2, 0) is 49.6 Å². The summed E-state index contributed by atoms with van der Waals surface area (Å²) < 4.78 is 0. The van der Waals surface area contributed by atoms with Gasteiger partial charge in [0.2, 0.25) is 17.7 Å². The monoisotopic (exact) mass is 1110 g/mol. The van der Waals surface area contributed by atoms with E-state index in [2.05, 4.69) is 31.9 Å². The van der Waals surface area contributed by atoms with Gasteiger partial charge in [0.05, 0.1) is 12.1 Å². The topological polar surface area (TPSA) is 377 Å². The number of carbonyl (C=O) groups is 10. The molecule has 0 radical (unpaired) electrons. The molecule has 5 amide bonds. The number of hydrogen-bond acceptors (Lipinski definition) is 15. The normalized spacial score (nSPS) is 29.1. The summed E-state index contributed by atoms with van der Waals surface area (Å²) in [5, 5.41) is 80.1. The third-order valence-electron chi connectivity index (χ3n) is 17.0. The third-order valence-corrected chi connectivity index (χ3v) is 17.0. The van der Waals surface area contributed by atoms with Crippen molar-refractivity contribution >= 4 is 76.0 Å². The number of carbonyl (C=O) groups excluding carboxylic acids is 4. The van der Waals surface area contributed by atoms with Gasteiger partial charge in [-0.1, -0.05) is 37.3 Å². The van der Waals surface area contributed by atoms with Crippen LogP contribution in [0.4, 0.5) is 10.5 Å². The van der Waals surface area contributed by atoms with E-state index < -0.39 is 138 Å². The summed E-state index contributed by atoms with van der Waals surface area (Å²) in [7, 11) is 1.77. The fraction of sp³-hybridized carbons (Fsp3) is 0.623. The molecule has 13 unspecified atom stereocenters. The van der Waals surface area contributed by atoms with Gasteiger partial charge in [-0.25, -0.2) is 14.4 Å². The molecule has 26 heteroatoms. The Balaban J connectivity index is 1.09. The molecule has 2 aromatic carbocycles. The van der Waals surface area contributed by atoms with Gasteiger partial charge in [0.1, 0.15) is 36.3 Å². The van der Waals surface area contributed by atoms with Crippen molar-refractivity contribution in [2.45, 2.75) is 113 Å². The Morgan fingerprint density at radius 2 is 1.28 bits per heavy atom. The number of nitrogens with zero attached hydrogens (tertiary/aromatic N) is 4. The van der Waals surface area contributed by atoms with Gasteiger partial charge in [0.15, 0.2) is 0 Å². The Bertz CT molecular complexity index is 2630. The average molecular weight is 1110 g/mol. The summed E-state index contributed by atoms with van der Waals surface area (Å²) in [5.74, 6) is -12.9. The van der Waals surface area contributed by atoms with E-state index in [4.69, 9.17) is 5.11 Å². The van der Waals surface area contributed by atoms with Gasteiger partial charge < -0.3 is 62.5 Å². The van der Waals surface area contributed by atoms with Crippen molar-refractivity contribution in [1.29, 1.82) is 0 Å². The molecule has 0 spiro atoms. The van der Waals surface area contributed by atoms with Crippen molar-refractivity contribution in [1.82, 2.24) is 46.2 Å². The number of unbranched alkanes of at least 4 members (excludes halogenated alkanes) is 1. The maximum atomic E-state index is 14.5. The molecule has 4 saturated heterocycles. The summed E-state index contributed by atoms with van der Waals surface area (Å²) in [4.78, 5) is 139. The molecular weight excluding hydrogens is 1030 g/mol. The average Bonchev–Trinajstić information content (AvgIpc) is 3.73. The number of carboxylic acid groups (broad SMARTS) is 6. The van der Waals surface area contributed by atoms with Crippen LogP contribution in [0.15, 0.2) is 36.4 Å². The van der Waals surface area contributed by atoms with Gasteiger partial charge in [0.25, 0.3) is 0 Å². The minimum absolute atomic E-state index is 0.0373. The van der Waals surface area contributed by atoms with Crippen LogP contribution in [0.3, 0.4) is 0 Å². The number of nitrogens with one attached hydrogen (secondary N) is 6. The van der Waals surface area contributed by atoms with Crippen LogP contribution in [0.1, 0.15) is 70.3 Å². The lowest BCUT2D eigenvalue weighted by Gasteiger charge is -2.58. The first kappa shape index (κ1) is 59.5. The Morgan fingerprint density at radius 1 is 0.696 bits per heavy atom. The lowest BCUT2D eigenvalue weighted by atomic mass is 9.57. The molecule has 7 rings (SSSR count). The highest BCUT2D eigenvalue weighted by atomic mass is 16.4. The van der Waals surface area contributed by atoms with E-state index in [0.29, 0.717) is 25.9 Å². The lowest BCUT2D eigenvalue weighted by molar-refractivity contribution is -0.171. The van der Waals surface area contributed by atoms with E-state index in [9.17, 15) is 73.5 Å². The first-order chi connectivity index (χ1) is 37.6. The molecule has 0 aromatic heterocycles. The molecule has 432 valence electrons. The van der Waals surface area contributed by atoms with E-state index >= 15 is 0 Å². The summed E-state index contributed by atoms with van der Waals surface area (Å²) in [6.07, 6.45) is 0.529. The molecule has 5 fully saturated rings. The standard InChI is InChI=1S/C53H74N10O16/c1-29(53-41-42(49(73)74)61-19-17-60(28-39(64)59-53)18-20-63(44(53)51(77)78)24-23-62(22-21-61)43(41)50(75)76)31-10-12-32(13-11-31)45(67)56-38(27-30-25-33-7-3-4-8-34(33)37(26-30)54-2)46(68)55-16-6-5-9-35(47(69)70)57-52(79)58-36(48(71)72)14-15-40(65)66/h3-4,7-8,25-26,29,31-32,35-36,38,41-44,54H,5-6,9-24,27-28H2,1-2H3,(H,55,68)(H,56,67)(H,59,64)(H,65,66)(H,69,70)(H,71,72)(H,73,74)(H,75,76)(H,77,78)(H2,57,58,79). The SMILES string of the molecule is CNc1cc(CC(NC(=O)C2CCC(C(C)C34NC(=O)CN5CCN6CCN(CCN(CC5)C3C(=O)O)C(C(=O)O)C4C6C(=O)O)CC2)C(=O)NCCCCC(NC(=O)NC(CCC(=O)O)C(=O)O)C(=O)O)cc2ccccc12. The number of anilines is 1. The van der Waals surface area contributed by atoms with E-state index in [0.717, 1.165) is 22.0 Å². The Hall–Kier alpha value is -7.16. The minimum Gasteiger partial charge on any atom is -0.481 e. The molecule has 1 saturated carbocycles. The van der Waals surface area contributed by atoms with Gasteiger partial charge in [-0.3, -0.25) is 53.2 Å². The minimum atomic E-state index is -1.94. The van der Waals surface area contributed by atoms with Crippen LogP contribution in [0.5, 0.6) is 0 Å². The van der Waals surface area contributed by atoms with Gasteiger partial charge in [0, 0.05) is 102 Å². The number of fused-ring (bicyclic) bond motifs is 7. The zero-order valence-electron chi connectivity index (χ0n) is 44.4. The number of aliphatic carboxylic acids is 6. The van der Waals surface area contributed by atoms with Gasteiger partial charge in [-0.05, 0) is 80.2 Å². The molecule has 1 aliphatic carbocycles. The molecule has 2 aromatic rings. The first-order valence-corrected chi connectivity index (χ1v) is 27.1. The predicted octanol–water partition coefficient (Wildman–Crippen LogP) is -0.199. The zero-order valence-corrected chi connectivity index (χ0v) is 44.4. The van der Waals surface area contributed by atoms with Gasteiger partial charge in [-0.15, -0.1) is 0 Å². The molecule has 12 N–H and O–H groups in total. The van der Waals surface area contributed by atoms with Crippen LogP contribution < -0.4 is 31.9 Å². The molecule has 26 nitrogen and oxygen atoms in total. The molecule has 6 bridgehead atoms. The zero-order chi connectivity index (χ0) is 57.3. The van der Waals surface area contributed by atoms with Crippen molar-refractivity contribution in [3.05, 3.63) is 42.0 Å². The molecule has 4 heterocycles. The number of benzene rings is 2. The van der Waals surface area contributed by atoms with E-state index in [-0.39, 0.29) is 90.9 Å². The summed E-state index contributed by atoms with van der Waals surface area (Å²) >= 11 is 0. The van der Waals surface area contributed by atoms with Crippen molar-refractivity contribution in [2.75, 3.05) is 77.8 Å². The Morgan fingerprint density at radius 3 is 1.86 bits per heavy atom. The molecular formula is C53H74N10O16. The van der Waals surface area contributed by atoms with Crippen LogP contribution in [0.2, 0.25) is 0 Å². The Kier molecular flexibility index (Phi) is 19.7. The summed E-state index contributed by atoms with van der Waals surface area (Å²) in [6, 6.07) is 1.71. The van der Waals surface area contributed by atoms with Gasteiger partial charge >= 0.3 is 41.8 Å². The fourth-order valence-corrected chi connectivity index (χ4v) is 13.0. The van der Waals surface area contributed by atoms with Crippen LogP contribution in [0, 0.1) is 23.7 Å². The molecule has 79 heavy (non-hydrogen) atoms. The van der Waals surface area contributed by atoms with Crippen molar-refractivity contribution in [2.24, 2.45) is 23.7 Å². The summed E-state index contributed by atoms with van der Waals surface area (Å²) in [5.41, 5.74) is -0.427. The maximum Gasteiger partial charge on any atom is 0.326 e. The lowest BCUT2D eigenvalue weighted by Crippen LogP contribution is -2.79. The quantitative estimate of drug-likeness (QED) is 0.0641. The van der Waals surface area contributed by atoms with Crippen molar-refractivity contribution in [3.63, 3.8) is 0 Å². The van der Waals surface area contributed by atoms with E-state index in [1.807, 2.05) is 41.3 Å². The molecule has 5 aliphatic rings. The first-order valence-electron chi connectivity index (χ1n) is 27.1. The smallest absolute Gasteiger partial charge is 0.326 e. The van der Waals surface area contributed by atoms with E-state index in [1.54, 1.807) is 28.7 Å². The number of amides is 5. The Labute approximate surface area is 455 Å². The fourth-order valence-electron chi connectivity index (χ4n) is 13.0. The van der Waals surface area contributed by atoms with Crippen LogP contribution in [0.25, 0.3) is 10.8 Å². The number of carboxylic acids is 6. The molecule has 4 aliphatic heterocycles. The van der Waals surface area contributed by atoms with Gasteiger partial charge in [-0.2, -0.15) is 0 Å². The van der Waals surface area contributed by atoms with Crippen molar-refractivity contribution in [3.8, 4) is 0 Å². The number of hydrogen-bond donors (Lipinski definition) is 12. The second-order valence-electron chi connectivity index (χ2n) is 21.6.